The Morgan fingerprint density at radius 1 is 1.00 bits per heavy atom. The van der Waals surface area contributed by atoms with Gasteiger partial charge in [-0.15, -0.1) is 0 Å². The Balaban J connectivity index is 1.56. The quantitative estimate of drug-likeness (QED) is 0.189. The first-order valence-corrected chi connectivity index (χ1v) is 13.6. The number of rotatable bonds is 9. The molecule has 0 spiro atoms. The first kappa shape index (κ1) is 26.3. The van der Waals surface area contributed by atoms with Gasteiger partial charge in [-0.3, -0.25) is 0 Å². The fourth-order valence-electron chi connectivity index (χ4n) is 4.12. The SMILES string of the molecule is CCC[C@H](NS(=O)(=O)c1ccc(C)cc1)C(=O)Oc1ccc2c(C)c(Cc3ccccc3)c(=O)oc2c1. The third-order valence-electron chi connectivity index (χ3n) is 6.19. The molecule has 0 fully saturated rings. The normalized spacial score (nSPS) is 12.4. The van der Waals surface area contributed by atoms with Gasteiger partial charge in [0.15, 0.2) is 0 Å². The first-order chi connectivity index (χ1) is 17.7. The van der Waals surface area contributed by atoms with Crippen LogP contribution in [0.2, 0.25) is 0 Å². The molecule has 37 heavy (non-hydrogen) atoms. The summed E-state index contributed by atoms with van der Waals surface area (Å²) in [5.74, 6) is -0.580. The number of esters is 1. The average Bonchev–Trinajstić information content (AvgIpc) is 2.87. The van der Waals surface area contributed by atoms with E-state index in [0.29, 0.717) is 18.4 Å². The molecule has 3 aromatic carbocycles. The summed E-state index contributed by atoms with van der Waals surface area (Å²) in [6.07, 6.45) is 1.27. The summed E-state index contributed by atoms with van der Waals surface area (Å²) in [5.41, 5.74) is 3.12. The predicted molar refractivity (Wildman–Crippen MR) is 142 cm³/mol. The summed E-state index contributed by atoms with van der Waals surface area (Å²) in [5, 5.41) is 0.732. The largest absolute Gasteiger partial charge is 0.425 e. The zero-order valence-corrected chi connectivity index (χ0v) is 21.8. The molecule has 0 bridgehead atoms. The molecule has 0 amide bonds. The van der Waals surface area contributed by atoms with E-state index in [9.17, 15) is 18.0 Å². The third-order valence-corrected chi connectivity index (χ3v) is 7.68. The molecule has 0 radical (unpaired) electrons. The van der Waals surface area contributed by atoms with Crippen LogP contribution in [0.3, 0.4) is 0 Å². The number of fused-ring (bicyclic) bond motifs is 1. The van der Waals surface area contributed by atoms with E-state index in [2.05, 4.69) is 4.72 Å². The monoisotopic (exact) mass is 519 g/mol. The zero-order valence-electron chi connectivity index (χ0n) is 21.0. The number of nitrogens with one attached hydrogen (secondary N) is 1. The fourth-order valence-corrected chi connectivity index (χ4v) is 5.33. The van der Waals surface area contributed by atoms with E-state index in [0.717, 1.165) is 22.1 Å². The Labute approximate surface area is 216 Å². The van der Waals surface area contributed by atoms with E-state index in [1.807, 2.05) is 51.1 Å². The molecule has 0 saturated carbocycles. The van der Waals surface area contributed by atoms with Crippen LogP contribution >= 0.6 is 0 Å². The van der Waals surface area contributed by atoms with Gasteiger partial charge in [0, 0.05) is 23.4 Å². The molecule has 192 valence electrons. The molecular weight excluding hydrogens is 490 g/mol. The van der Waals surface area contributed by atoms with Crippen molar-refractivity contribution < 1.29 is 22.4 Å². The molecule has 1 aromatic heterocycles. The minimum atomic E-state index is -3.92. The highest BCUT2D eigenvalue weighted by Crippen LogP contribution is 2.26. The number of carbonyl (C=O) groups is 1. The number of sulfonamides is 1. The van der Waals surface area contributed by atoms with Crippen LogP contribution in [0.1, 0.15) is 42.0 Å². The average molecular weight is 520 g/mol. The topological polar surface area (TPSA) is 103 Å². The first-order valence-electron chi connectivity index (χ1n) is 12.1. The maximum atomic E-state index is 13.0. The summed E-state index contributed by atoms with van der Waals surface area (Å²) < 4.78 is 39.2. The molecule has 4 aromatic rings. The van der Waals surface area contributed by atoms with Gasteiger partial charge in [0.2, 0.25) is 10.0 Å². The fraction of sp³-hybridized carbons (Fsp3) is 0.241. The Hall–Kier alpha value is -3.75. The number of aryl methyl sites for hydroxylation is 2. The lowest BCUT2D eigenvalue weighted by Crippen LogP contribution is -2.42. The minimum Gasteiger partial charge on any atom is -0.425 e. The standard InChI is InChI=1S/C29H29NO6S/c1-4-8-26(30-37(33,34)23-14-11-19(2)12-15-23)29(32)35-22-13-16-24-20(3)25(28(31)36-27(24)18-22)17-21-9-6-5-7-10-21/h5-7,9-16,18,26,30H,4,8,17H2,1-3H3/t26-/m0/s1. The molecule has 0 aliphatic carbocycles. The van der Waals surface area contributed by atoms with Gasteiger partial charge in [0.1, 0.15) is 17.4 Å². The molecule has 4 rings (SSSR count). The molecular formula is C29H29NO6S. The van der Waals surface area contributed by atoms with E-state index in [1.165, 1.54) is 18.2 Å². The van der Waals surface area contributed by atoms with E-state index in [1.54, 1.807) is 24.3 Å². The van der Waals surface area contributed by atoms with Crippen molar-refractivity contribution in [2.24, 2.45) is 0 Å². The Morgan fingerprint density at radius 2 is 1.70 bits per heavy atom. The van der Waals surface area contributed by atoms with Gasteiger partial charge in [0.05, 0.1) is 4.90 Å². The van der Waals surface area contributed by atoms with Crippen LogP contribution in [-0.4, -0.2) is 20.4 Å². The molecule has 1 N–H and O–H groups in total. The third kappa shape index (κ3) is 6.15. The van der Waals surface area contributed by atoms with Crippen molar-refractivity contribution in [3.05, 3.63) is 105 Å². The Morgan fingerprint density at radius 3 is 2.38 bits per heavy atom. The lowest BCUT2D eigenvalue weighted by atomic mass is 10.00. The summed E-state index contributed by atoms with van der Waals surface area (Å²) in [6.45, 7) is 5.57. The van der Waals surface area contributed by atoms with Crippen LogP contribution in [0.5, 0.6) is 5.75 Å². The van der Waals surface area contributed by atoms with Crippen molar-refractivity contribution in [2.45, 2.75) is 51.0 Å². The van der Waals surface area contributed by atoms with Gasteiger partial charge in [-0.25, -0.2) is 18.0 Å². The Bertz CT molecular complexity index is 1580. The molecule has 1 atom stereocenters. The van der Waals surface area contributed by atoms with Crippen LogP contribution in [0.25, 0.3) is 11.0 Å². The smallest absolute Gasteiger partial charge is 0.340 e. The maximum Gasteiger partial charge on any atom is 0.340 e. The number of ether oxygens (including phenoxy) is 1. The van der Waals surface area contributed by atoms with Gasteiger partial charge in [-0.1, -0.05) is 61.4 Å². The van der Waals surface area contributed by atoms with Gasteiger partial charge in [-0.2, -0.15) is 4.72 Å². The maximum absolute atomic E-state index is 13.0. The number of hydrogen-bond acceptors (Lipinski definition) is 6. The van der Waals surface area contributed by atoms with E-state index in [-0.39, 0.29) is 22.6 Å². The van der Waals surface area contributed by atoms with Gasteiger partial charge >= 0.3 is 11.6 Å². The van der Waals surface area contributed by atoms with Crippen LogP contribution in [0.4, 0.5) is 0 Å². The van der Waals surface area contributed by atoms with Crippen molar-refractivity contribution in [3.63, 3.8) is 0 Å². The summed E-state index contributed by atoms with van der Waals surface area (Å²) >= 11 is 0. The summed E-state index contributed by atoms with van der Waals surface area (Å²) in [4.78, 5) is 25.8. The van der Waals surface area contributed by atoms with Crippen molar-refractivity contribution in [2.75, 3.05) is 0 Å². The van der Waals surface area contributed by atoms with Crippen LogP contribution in [0, 0.1) is 13.8 Å². The number of carbonyl (C=O) groups excluding carboxylic acids is 1. The summed E-state index contributed by atoms with van der Waals surface area (Å²) in [7, 11) is -3.92. The van der Waals surface area contributed by atoms with E-state index in [4.69, 9.17) is 9.15 Å². The molecule has 7 nitrogen and oxygen atoms in total. The molecule has 0 unspecified atom stereocenters. The highest BCUT2D eigenvalue weighted by Gasteiger charge is 2.27. The zero-order chi connectivity index (χ0) is 26.6. The van der Waals surface area contributed by atoms with Crippen molar-refractivity contribution >= 4 is 27.0 Å². The summed E-state index contributed by atoms with van der Waals surface area (Å²) in [6, 6.07) is 19.8. The van der Waals surface area contributed by atoms with Gasteiger partial charge < -0.3 is 9.15 Å². The second kappa shape index (κ2) is 11.1. The molecule has 8 heteroatoms. The molecule has 0 saturated heterocycles. The van der Waals surface area contributed by atoms with E-state index >= 15 is 0 Å². The van der Waals surface area contributed by atoms with Crippen molar-refractivity contribution in [1.29, 1.82) is 0 Å². The van der Waals surface area contributed by atoms with Crippen molar-refractivity contribution in [1.82, 2.24) is 4.72 Å². The second-order valence-corrected chi connectivity index (χ2v) is 10.7. The highest BCUT2D eigenvalue weighted by atomic mass is 32.2. The van der Waals surface area contributed by atoms with E-state index < -0.39 is 27.7 Å². The number of hydrogen-bond donors (Lipinski definition) is 1. The minimum absolute atomic E-state index is 0.0706. The second-order valence-electron chi connectivity index (χ2n) is 9.01. The van der Waals surface area contributed by atoms with Crippen LogP contribution < -0.4 is 15.1 Å². The lowest BCUT2D eigenvalue weighted by molar-refractivity contribution is -0.136. The highest BCUT2D eigenvalue weighted by molar-refractivity contribution is 7.89. The van der Waals surface area contributed by atoms with Crippen LogP contribution in [-0.2, 0) is 21.2 Å². The lowest BCUT2D eigenvalue weighted by Gasteiger charge is -2.17. The van der Waals surface area contributed by atoms with Crippen LogP contribution in [0.15, 0.2) is 86.9 Å². The van der Waals surface area contributed by atoms with Gasteiger partial charge in [0.25, 0.3) is 0 Å². The predicted octanol–water partition coefficient (Wildman–Crippen LogP) is 5.05. The Kier molecular flexibility index (Phi) is 7.90. The molecule has 0 aliphatic heterocycles. The van der Waals surface area contributed by atoms with Gasteiger partial charge in [-0.05, 0) is 55.7 Å². The molecule has 1 heterocycles. The number of benzene rings is 3. The van der Waals surface area contributed by atoms with Crippen molar-refractivity contribution in [3.8, 4) is 5.75 Å². The molecule has 0 aliphatic rings.